The predicted octanol–water partition coefficient (Wildman–Crippen LogP) is 0.751. The summed E-state index contributed by atoms with van der Waals surface area (Å²) in [7, 11) is 2.25. The fourth-order valence-electron chi connectivity index (χ4n) is 2.99. The molecule has 2 aliphatic heterocycles. The predicted molar refractivity (Wildman–Crippen MR) is 63.9 cm³/mol. The van der Waals surface area contributed by atoms with E-state index in [1.165, 1.54) is 51.9 Å². The molecule has 0 aromatic heterocycles. The normalized spacial score (nSPS) is 32.0. The van der Waals surface area contributed by atoms with Crippen molar-refractivity contribution in [2.24, 2.45) is 11.7 Å². The lowest BCUT2D eigenvalue weighted by Crippen LogP contribution is -2.49. The van der Waals surface area contributed by atoms with Gasteiger partial charge in [-0.05, 0) is 64.8 Å². The van der Waals surface area contributed by atoms with Crippen LogP contribution in [-0.2, 0) is 0 Å². The maximum atomic E-state index is 5.72. The highest BCUT2D eigenvalue weighted by atomic mass is 15.2. The zero-order valence-corrected chi connectivity index (χ0v) is 9.99. The Hall–Kier alpha value is -0.120. The molecule has 0 aromatic rings. The second-order valence-electron chi connectivity index (χ2n) is 5.27. The van der Waals surface area contributed by atoms with E-state index in [2.05, 4.69) is 16.8 Å². The van der Waals surface area contributed by atoms with Crippen molar-refractivity contribution >= 4 is 0 Å². The van der Waals surface area contributed by atoms with Crippen LogP contribution in [-0.4, -0.2) is 55.6 Å². The van der Waals surface area contributed by atoms with Crippen molar-refractivity contribution in [1.82, 2.24) is 9.80 Å². The Balaban J connectivity index is 1.79. The number of likely N-dealkylation sites (tertiary alicyclic amines) is 2. The largest absolute Gasteiger partial charge is 0.330 e. The van der Waals surface area contributed by atoms with Gasteiger partial charge in [0.2, 0.25) is 0 Å². The van der Waals surface area contributed by atoms with Gasteiger partial charge in [0, 0.05) is 12.6 Å². The molecule has 15 heavy (non-hydrogen) atoms. The highest BCUT2D eigenvalue weighted by Gasteiger charge is 2.26. The van der Waals surface area contributed by atoms with Crippen LogP contribution >= 0.6 is 0 Å². The minimum Gasteiger partial charge on any atom is -0.330 e. The highest BCUT2D eigenvalue weighted by molar-refractivity contribution is 4.83. The van der Waals surface area contributed by atoms with Gasteiger partial charge in [0.1, 0.15) is 0 Å². The molecular weight excluding hydrogens is 186 g/mol. The lowest BCUT2D eigenvalue weighted by molar-refractivity contribution is 0.0801. The number of nitrogens with zero attached hydrogens (tertiary/aromatic N) is 2. The number of rotatable bonds is 2. The van der Waals surface area contributed by atoms with E-state index in [1.807, 2.05) is 0 Å². The zero-order chi connectivity index (χ0) is 10.7. The Kier molecular flexibility index (Phi) is 4.00. The quantitative estimate of drug-likeness (QED) is 0.731. The summed E-state index contributed by atoms with van der Waals surface area (Å²) in [5.74, 6) is 0.794. The monoisotopic (exact) mass is 211 g/mol. The smallest absolute Gasteiger partial charge is 0.0223 e. The van der Waals surface area contributed by atoms with E-state index in [4.69, 9.17) is 5.73 Å². The van der Waals surface area contributed by atoms with Gasteiger partial charge in [0.05, 0.1) is 0 Å². The van der Waals surface area contributed by atoms with E-state index in [0.717, 1.165) is 18.5 Å². The maximum absolute atomic E-state index is 5.72. The van der Waals surface area contributed by atoms with Gasteiger partial charge in [-0.3, -0.25) is 4.90 Å². The summed E-state index contributed by atoms with van der Waals surface area (Å²) in [6.45, 7) is 6.00. The van der Waals surface area contributed by atoms with Crippen LogP contribution in [0.15, 0.2) is 0 Å². The fourth-order valence-corrected chi connectivity index (χ4v) is 2.99. The zero-order valence-electron chi connectivity index (χ0n) is 9.99. The van der Waals surface area contributed by atoms with Crippen LogP contribution in [0.3, 0.4) is 0 Å². The van der Waals surface area contributed by atoms with E-state index in [1.54, 1.807) is 0 Å². The van der Waals surface area contributed by atoms with Gasteiger partial charge in [-0.15, -0.1) is 0 Å². The van der Waals surface area contributed by atoms with E-state index < -0.39 is 0 Å². The third-order valence-electron chi connectivity index (χ3n) is 4.10. The van der Waals surface area contributed by atoms with E-state index in [9.17, 15) is 0 Å². The van der Waals surface area contributed by atoms with Crippen molar-refractivity contribution in [3.8, 4) is 0 Å². The molecule has 2 heterocycles. The average Bonchev–Trinajstić information content (AvgIpc) is 2.29. The summed E-state index contributed by atoms with van der Waals surface area (Å²) >= 11 is 0. The molecule has 3 heteroatoms. The Morgan fingerprint density at radius 3 is 2.47 bits per heavy atom. The summed E-state index contributed by atoms with van der Waals surface area (Å²) in [6.07, 6.45) is 5.41. The molecule has 0 aromatic carbocycles. The molecule has 2 rings (SSSR count). The third kappa shape index (κ3) is 2.92. The second kappa shape index (κ2) is 5.28. The minimum atomic E-state index is 0.794. The molecule has 3 nitrogen and oxygen atoms in total. The molecule has 2 saturated heterocycles. The molecule has 0 aliphatic carbocycles. The summed E-state index contributed by atoms with van der Waals surface area (Å²) < 4.78 is 0. The Morgan fingerprint density at radius 2 is 1.87 bits per heavy atom. The number of nitrogens with two attached hydrogens (primary N) is 1. The third-order valence-corrected chi connectivity index (χ3v) is 4.10. The molecule has 0 radical (unpaired) electrons. The van der Waals surface area contributed by atoms with Crippen LogP contribution in [0.4, 0.5) is 0 Å². The SMILES string of the molecule is CN1CCCC(N2CCC(CN)CC2)C1. The Labute approximate surface area is 93.6 Å². The van der Waals surface area contributed by atoms with Crippen LogP contribution in [0.2, 0.25) is 0 Å². The van der Waals surface area contributed by atoms with E-state index >= 15 is 0 Å². The topological polar surface area (TPSA) is 32.5 Å². The molecule has 2 aliphatic rings. The number of hydrogen-bond donors (Lipinski definition) is 1. The van der Waals surface area contributed by atoms with Crippen molar-refractivity contribution in [3.05, 3.63) is 0 Å². The molecule has 2 N–H and O–H groups in total. The summed E-state index contributed by atoms with van der Waals surface area (Å²) in [5.41, 5.74) is 5.72. The first-order chi connectivity index (χ1) is 7.29. The first-order valence-corrected chi connectivity index (χ1v) is 6.42. The van der Waals surface area contributed by atoms with Crippen molar-refractivity contribution in [2.75, 3.05) is 39.8 Å². The number of likely N-dealkylation sites (N-methyl/N-ethyl adjacent to an activating group) is 1. The minimum absolute atomic E-state index is 0.794. The lowest BCUT2D eigenvalue weighted by atomic mass is 9.94. The molecule has 0 spiro atoms. The van der Waals surface area contributed by atoms with Gasteiger partial charge in [0.25, 0.3) is 0 Å². The molecule has 0 saturated carbocycles. The van der Waals surface area contributed by atoms with Gasteiger partial charge >= 0.3 is 0 Å². The van der Waals surface area contributed by atoms with Crippen molar-refractivity contribution in [3.63, 3.8) is 0 Å². The first kappa shape index (κ1) is 11.4. The lowest BCUT2D eigenvalue weighted by Gasteiger charge is -2.41. The van der Waals surface area contributed by atoms with Crippen LogP contribution in [0.25, 0.3) is 0 Å². The highest BCUT2D eigenvalue weighted by Crippen LogP contribution is 2.22. The second-order valence-corrected chi connectivity index (χ2v) is 5.27. The molecule has 0 amide bonds. The fraction of sp³-hybridized carbons (Fsp3) is 1.00. The summed E-state index contributed by atoms with van der Waals surface area (Å²) in [6, 6.07) is 0.822. The van der Waals surface area contributed by atoms with Gasteiger partial charge in [0.15, 0.2) is 0 Å². The molecule has 2 fully saturated rings. The molecule has 88 valence electrons. The van der Waals surface area contributed by atoms with Crippen LogP contribution in [0, 0.1) is 5.92 Å². The summed E-state index contributed by atoms with van der Waals surface area (Å²) in [5, 5.41) is 0. The van der Waals surface area contributed by atoms with Crippen molar-refractivity contribution in [2.45, 2.75) is 31.7 Å². The Morgan fingerprint density at radius 1 is 1.13 bits per heavy atom. The molecule has 1 atom stereocenters. The van der Waals surface area contributed by atoms with Crippen molar-refractivity contribution in [1.29, 1.82) is 0 Å². The van der Waals surface area contributed by atoms with E-state index in [-0.39, 0.29) is 0 Å². The molecule has 0 bridgehead atoms. The first-order valence-electron chi connectivity index (χ1n) is 6.42. The van der Waals surface area contributed by atoms with Crippen molar-refractivity contribution < 1.29 is 0 Å². The average molecular weight is 211 g/mol. The number of piperidine rings is 2. The molecule has 1 unspecified atom stereocenters. The standard InChI is InChI=1S/C12H25N3/c1-14-6-2-3-12(10-14)15-7-4-11(9-13)5-8-15/h11-12H,2-10,13H2,1H3. The van der Waals surface area contributed by atoms with Crippen LogP contribution < -0.4 is 5.73 Å². The van der Waals surface area contributed by atoms with Gasteiger partial charge in [-0.2, -0.15) is 0 Å². The van der Waals surface area contributed by atoms with E-state index in [0.29, 0.717) is 0 Å². The number of hydrogen-bond acceptors (Lipinski definition) is 3. The summed E-state index contributed by atoms with van der Waals surface area (Å²) in [4.78, 5) is 5.17. The Bertz CT molecular complexity index is 187. The van der Waals surface area contributed by atoms with Crippen LogP contribution in [0.5, 0.6) is 0 Å². The van der Waals surface area contributed by atoms with Gasteiger partial charge in [-0.25, -0.2) is 0 Å². The van der Waals surface area contributed by atoms with Gasteiger partial charge < -0.3 is 10.6 Å². The maximum Gasteiger partial charge on any atom is 0.0223 e. The van der Waals surface area contributed by atoms with Crippen LogP contribution in [0.1, 0.15) is 25.7 Å². The molecular formula is C12H25N3. The van der Waals surface area contributed by atoms with Gasteiger partial charge in [-0.1, -0.05) is 0 Å².